The van der Waals surface area contributed by atoms with E-state index in [2.05, 4.69) is 5.10 Å². The van der Waals surface area contributed by atoms with E-state index in [-0.39, 0.29) is 18.1 Å². The zero-order chi connectivity index (χ0) is 10.7. The summed E-state index contributed by atoms with van der Waals surface area (Å²) in [6.07, 6.45) is -0.543. The molecule has 1 N–H and O–H groups in total. The maximum absolute atomic E-state index is 11.4. The lowest BCUT2D eigenvalue weighted by atomic mass is 10.1. The molecule has 5 nitrogen and oxygen atoms in total. The fraction of sp³-hybridized carbons (Fsp3) is 0.556. The minimum atomic E-state index is -0.543. The minimum absolute atomic E-state index is 0.0957. The Bertz CT molecular complexity index is 376. The van der Waals surface area contributed by atoms with Gasteiger partial charge in [0.15, 0.2) is 0 Å². The first-order valence-corrected chi connectivity index (χ1v) is 4.55. The van der Waals surface area contributed by atoms with Crippen LogP contribution in [0.5, 0.6) is 0 Å². The highest BCUT2D eigenvalue weighted by molar-refractivity contribution is 5.70. The Kier molecular flexibility index (Phi) is 3.11. The molecule has 0 aromatic carbocycles. The predicted octanol–water partition coefficient (Wildman–Crippen LogP) is 1.30. The van der Waals surface area contributed by atoms with Gasteiger partial charge in [-0.15, -0.1) is 0 Å². The molecule has 0 fully saturated rings. The fourth-order valence-corrected chi connectivity index (χ4v) is 1.17. The molecule has 0 amide bonds. The molecular formula is C9H14N2O3. The number of carbonyl (C=O) groups is 1. The van der Waals surface area contributed by atoms with Gasteiger partial charge in [-0.05, 0) is 12.8 Å². The molecule has 78 valence electrons. The largest absolute Gasteiger partial charge is 0.448 e. The summed E-state index contributed by atoms with van der Waals surface area (Å²) in [7, 11) is 0. The number of ether oxygens (including phenoxy) is 1. The molecule has 1 aromatic heterocycles. The third kappa shape index (κ3) is 2.04. The van der Waals surface area contributed by atoms with Crippen LogP contribution in [-0.2, 0) is 4.74 Å². The Morgan fingerprint density at radius 2 is 2.29 bits per heavy atom. The molecule has 0 saturated carbocycles. The maximum atomic E-state index is 11.4. The van der Waals surface area contributed by atoms with Crippen molar-refractivity contribution in [3.63, 3.8) is 0 Å². The van der Waals surface area contributed by atoms with Gasteiger partial charge < -0.3 is 4.74 Å². The molecule has 0 unspecified atom stereocenters. The number of aromatic nitrogens is 2. The van der Waals surface area contributed by atoms with Crippen LogP contribution in [0, 0.1) is 0 Å². The van der Waals surface area contributed by atoms with Gasteiger partial charge in [-0.2, -0.15) is 4.68 Å². The van der Waals surface area contributed by atoms with Crippen LogP contribution in [0.4, 0.5) is 4.79 Å². The van der Waals surface area contributed by atoms with E-state index in [1.54, 1.807) is 6.92 Å². The molecule has 0 aliphatic rings. The molecule has 0 aliphatic heterocycles. The van der Waals surface area contributed by atoms with Gasteiger partial charge in [-0.1, -0.05) is 13.8 Å². The zero-order valence-corrected chi connectivity index (χ0v) is 8.53. The highest BCUT2D eigenvalue weighted by Gasteiger charge is 2.14. The summed E-state index contributed by atoms with van der Waals surface area (Å²) in [5.74, 6) is 0.0957. The summed E-state index contributed by atoms with van der Waals surface area (Å²) in [5.41, 5.74) is 0.343. The lowest BCUT2D eigenvalue weighted by Crippen LogP contribution is -2.19. The number of aromatic amines is 1. The normalized spacial score (nSPS) is 10.6. The molecule has 0 saturated heterocycles. The number of rotatable bonds is 2. The van der Waals surface area contributed by atoms with Crippen molar-refractivity contribution in [1.29, 1.82) is 0 Å². The van der Waals surface area contributed by atoms with Gasteiger partial charge in [0, 0.05) is 6.07 Å². The predicted molar refractivity (Wildman–Crippen MR) is 51.6 cm³/mol. The number of hydrogen-bond donors (Lipinski definition) is 1. The van der Waals surface area contributed by atoms with Crippen molar-refractivity contribution in [3.8, 4) is 0 Å². The summed E-state index contributed by atoms with van der Waals surface area (Å²) in [6, 6.07) is 1.40. The quantitative estimate of drug-likeness (QED) is 0.779. The molecule has 0 bridgehead atoms. The highest BCUT2D eigenvalue weighted by atomic mass is 16.6. The molecule has 0 radical (unpaired) electrons. The molecule has 1 heterocycles. The Hall–Kier alpha value is -1.52. The van der Waals surface area contributed by atoms with E-state index in [1.165, 1.54) is 6.07 Å². The SMILES string of the molecule is CCOC(=O)n1[nH]c(=O)cc1C(C)C. The third-order valence-electron chi connectivity index (χ3n) is 1.80. The van der Waals surface area contributed by atoms with Crippen LogP contribution in [0.15, 0.2) is 10.9 Å². The zero-order valence-electron chi connectivity index (χ0n) is 8.53. The molecule has 0 spiro atoms. The van der Waals surface area contributed by atoms with Crippen molar-refractivity contribution in [1.82, 2.24) is 9.78 Å². The summed E-state index contributed by atoms with van der Waals surface area (Å²) in [6.45, 7) is 5.81. The number of carbonyl (C=O) groups excluding carboxylic acids is 1. The standard InChI is InChI=1S/C9H14N2O3/c1-4-14-9(13)11-7(6(2)3)5-8(12)10-11/h5-6H,4H2,1-3H3,(H,10,12). The monoisotopic (exact) mass is 198 g/mol. The number of hydrogen-bond acceptors (Lipinski definition) is 3. The van der Waals surface area contributed by atoms with Crippen LogP contribution in [0.3, 0.4) is 0 Å². The van der Waals surface area contributed by atoms with Gasteiger partial charge in [-0.3, -0.25) is 9.89 Å². The van der Waals surface area contributed by atoms with E-state index in [4.69, 9.17) is 4.74 Å². The number of H-pyrrole nitrogens is 1. The lowest BCUT2D eigenvalue weighted by Gasteiger charge is -2.08. The van der Waals surface area contributed by atoms with Gasteiger partial charge in [-0.25, -0.2) is 4.79 Å². The Morgan fingerprint density at radius 1 is 1.64 bits per heavy atom. The highest BCUT2D eigenvalue weighted by Crippen LogP contribution is 2.11. The van der Waals surface area contributed by atoms with E-state index in [9.17, 15) is 9.59 Å². The minimum Gasteiger partial charge on any atom is -0.448 e. The molecule has 14 heavy (non-hydrogen) atoms. The van der Waals surface area contributed by atoms with Crippen LogP contribution >= 0.6 is 0 Å². The molecule has 0 aliphatic carbocycles. The Labute approximate surface area is 81.7 Å². The summed E-state index contributed by atoms with van der Waals surface area (Å²) >= 11 is 0. The first-order chi connectivity index (χ1) is 6.56. The Balaban J connectivity index is 3.06. The van der Waals surface area contributed by atoms with Crippen molar-refractivity contribution < 1.29 is 9.53 Å². The summed E-state index contributed by atoms with van der Waals surface area (Å²) in [4.78, 5) is 22.4. The van der Waals surface area contributed by atoms with Gasteiger partial charge >= 0.3 is 6.09 Å². The maximum Gasteiger partial charge on any atom is 0.433 e. The molecular weight excluding hydrogens is 184 g/mol. The van der Waals surface area contributed by atoms with Crippen molar-refractivity contribution in [2.24, 2.45) is 0 Å². The molecule has 0 atom stereocenters. The van der Waals surface area contributed by atoms with Gasteiger partial charge in [0.1, 0.15) is 0 Å². The fourth-order valence-electron chi connectivity index (χ4n) is 1.17. The average Bonchev–Trinajstić information content (AvgIpc) is 2.48. The van der Waals surface area contributed by atoms with Crippen molar-refractivity contribution in [2.45, 2.75) is 26.7 Å². The van der Waals surface area contributed by atoms with Crippen molar-refractivity contribution in [3.05, 3.63) is 22.1 Å². The van der Waals surface area contributed by atoms with E-state index < -0.39 is 6.09 Å². The molecule has 1 aromatic rings. The van der Waals surface area contributed by atoms with Crippen LogP contribution in [0.2, 0.25) is 0 Å². The summed E-state index contributed by atoms with van der Waals surface area (Å²) < 4.78 is 5.94. The first kappa shape index (κ1) is 10.6. The Morgan fingerprint density at radius 3 is 2.79 bits per heavy atom. The van der Waals surface area contributed by atoms with Gasteiger partial charge in [0.25, 0.3) is 5.56 Å². The van der Waals surface area contributed by atoms with Crippen molar-refractivity contribution in [2.75, 3.05) is 6.61 Å². The summed E-state index contributed by atoms with van der Waals surface area (Å²) in [5, 5.41) is 2.40. The van der Waals surface area contributed by atoms with Crippen molar-refractivity contribution >= 4 is 6.09 Å². The number of nitrogens with one attached hydrogen (secondary N) is 1. The average molecular weight is 198 g/mol. The van der Waals surface area contributed by atoms with Crippen LogP contribution in [0.1, 0.15) is 32.4 Å². The second-order valence-electron chi connectivity index (χ2n) is 3.23. The van der Waals surface area contributed by atoms with Gasteiger partial charge in [0.05, 0.1) is 12.3 Å². The van der Waals surface area contributed by atoms with Gasteiger partial charge in [0.2, 0.25) is 0 Å². The second kappa shape index (κ2) is 4.13. The molecule has 1 rings (SSSR count). The van der Waals surface area contributed by atoms with Crippen LogP contribution in [0.25, 0.3) is 0 Å². The molecule has 5 heteroatoms. The van der Waals surface area contributed by atoms with E-state index >= 15 is 0 Å². The van der Waals surface area contributed by atoms with E-state index in [1.807, 2.05) is 13.8 Å². The second-order valence-corrected chi connectivity index (χ2v) is 3.23. The van der Waals surface area contributed by atoms with Crippen LogP contribution < -0.4 is 5.56 Å². The topological polar surface area (TPSA) is 64.1 Å². The first-order valence-electron chi connectivity index (χ1n) is 4.55. The lowest BCUT2D eigenvalue weighted by molar-refractivity contribution is 0.149. The van der Waals surface area contributed by atoms with E-state index in [0.717, 1.165) is 4.68 Å². The van der Waals surface area contributed by atoms with Crippen LogP contribution in [-0.4, -0.2) is 22.5 Å². The van der Waals surface area contributed by atoms with E-state index in [0.29, 0.717) is 5.69 Å². The third-order valence-corrected chi connectivity index (χ3v) is 1.80. The smallest absolute Gasteiger partial charge is 0.433 e. The number of nitrogens with zero attached hydrogens (tertiary/aromatic N) is 1.